The van der Waals surface area contributed by atoms with Crippen LogP contribution in [0, 0.1) is 11.3 Å². The molecule has 2 saturated heterocycles. The Bertz CT molecular complexity index is 930. The predicted molar refractivity (Wildman–Crippen MR) is 117 cm³/mol. The largest absolute Gasteiger partial charge is 0.356 e. The zero-order valence-electron chi connectivity index (χ0n) is 17.4. The molecule has 2 aliphatic rings. The van der Waals surface area contributed by atoms with Gasteiger partial charge < -0.3 is 9.80 Å². The summed E-state index contributed by atoms with van der Waals surface area (Å²) in [4.78, 5) is 9.78. The van der Waals surface area contributed by atoms with E-state index in [4.69, 9.17) is 0 Å². The highest BCUT2D eigenvalue weighted by Crippen LogP contribution is 2.46. The third-order valence-corrected chi connectivity index (χ3v) is 7.69. The average molecular weight is 414 g/mol. The van der Waals surface area contributed by atoms with Gasteiger partial charge in [0.05, 0.1) is 4.90 Å². The highest BCUT2D eigenvalue weighted by atomic mass is 32.2. The van der Waals surface area contributed by atoms with Crippen LogP contribution < -0.4 is 4.90 Å². The van der Waals surface area contributed by atoms with E-state index < -0.39 is 9.84 Å². The molecule has 5 nitrogen and oxygen atoms in total. The van der Waals surface area contributed by atoms with E-state index in [1.165, 1.54) is 37.4 Å². The molecule has 1 aromatic heterocycles. The van der Waals surface area contributed by atoms with Gasteiger partial charge in [-0.15, -0.1) is 0 Å². The lowest BCUT2D eigenvalue weighted by Crippen LogP contribution is -2.35. The van der Waals surface area contributed by atoms with E-state index in [0.717, 1.165) is 38.4 Å². The maximum Gasteiger partial charge on any atom is 0.177 e. The van der Waals surface area contributed by atoms with Crippen LogP contribution in [0.3, 0.4) is 0 Å². The normalized spacial score (nSPS) is 24.8. The molecule has 1 aromatic carbocycles. The zero-order valence-corrected chi connectivity index (χ0v) is 18.2. The fourth-order valence-electron chi connectivity index (χ4n) is 5.13. The molecule has 2 aromatic rings. The van der Waals surface area contributed by atoms with E-state index in [1.54, 1.807) is 6.07 Å². The van der Waals surface area contributed by atoms with Gasteiger partial charge in [-0.1, -0.05) is 37.3 Å². The van der Waals surface area contributed by atoms with E-state index in [0.29, 0.717) is 5.92 Å². The van der Waals surface area contributed by atoms with Crippen LogP contribution in [0.4, 0.5) is 5.82 Å². The molecule has 156 valence electrons. The highest BCUT2D eigenvalue weighted by molar-refractivity contribution is 7.90. The summed E-state index contributed by atoms with van der Waals surface area (Å²) in [6.07, 6.45) is 6.20. The van der Waals surface area contributed by atoms with Gasteiger partial charge in [0.15, 0.2) is 9.84 Å². The molecule has 0 saturated carbocycles. The van der Waals surface area contributed by atoms with E-state index >= 15 is 0 Å². The van der Waals surface area contributed by atoms with Crippen LogP contribution in [0.15, 0.2) is 53.6 Å². The Balaban J connectivity index is 1.52. The number of rotatable bonds is 7. The summed E-state index contributed by atoms with van der Waals surface area (Å²) in [7, 11) is -3.21. The Morgan fingerprint density at radius 2 is 1.90 bits per heavy atom. The molecule has 2 unspecified atom stereocenters. The fraction of sp³-hybridized carbons (Fsp3) is 0.522. The van der Waals surface area contributed by atoms with Crippen molar-refractivity contribution in [2.75, 3.05) is 43.9 Å². The molecule has 0 spiro atoms. The molecule has 0 N–H and O–H groups in total. The molecule has 6 heteroatoms. The molecular formula is C23H31N3O2S. The van der Waals surface area contributed by atoms with Gasteiger partial charge in [-0.05, 0) is 49.4 Å². The number of nitrogens with zero attached hydrogens (tertiary/aromatic N) is 3. The summed E-state index contributed by atoms with van der Waals surface area (Å²) < 4.78 is 23.5. The van der Waals surface area contributed by atoms with Crippen LogP contribution in [0.2, 0.25) is 0 Å². The van der Waals surface area contributed by atoms with E-state index in [9.17, 15) is 8.42 Å². The number of pyridine rings is 1. The quantitative estimate of drug-likeness (QED) is 0.697. The molecule has 2 atom stereocenters. The Morgan fingerprint density at radius 3 is 2.55 bits per heavy atom. The molecule has 0 amide bonds. The second kappa shape index (κ2) is 8.07. The summed E-state index contributed by atoms with van der Waals surface area (Å²) >= 11 is 0. The summed E-state index contributed by atoms with van der Waals surface area (Å²) in [5, 5.41) is 0. The van der Waals surface area contributed by atoms with Gasteiger partial charge in [-0.3, -0.25) is 0 Å². The summed E-state index contributed by atoms with van der Waals surface area (Å²) in [6.45, 7) is 7.72. The molecule has 3 heterocycles. The number of hydrogen-bond acceptors (Lipinski definition) is 5. The summed E-state index contributed by atoms with van der Waals surface area (Å²) in [5.41, 5.74) is 1.69. The Hall–Kier alpha value is -1.92. The highest BCUT2D eigenvalue weighted by Gasteiger charge is 2.51. The van der Waals surface area contributed by atoms with Gasteiger partial charge in [0.25, 0.3) is 0 Å². The fourth-order valence-corrected chi connectivity index (χ4v) is 5.69. The lowest BCUT2D eigenvalue weighted by Gasteiger charge is -2.30. The van der Waals surface area contributed by atoms with Crippen LogP contribution in [0.5, 0.6) is 0 Å². The number of sulfone groups is 1. The molecule has 2 aliphatic heterocycles. The van der Waals surface area contributed by atoms with Crippen molar-refractivity contribution in [1.29, 1.82) is 0 Å². The average Bonchev–Trinajstić information content (AvgIpc) is 3.21. The van der Waals surface area contributed by atoms with Crippen LogP contribution in [0.1, 0.15) is 25.3 Å². The first-order valence-corrected chi connectivity index (χ1v) is 12.5. The first-order valence-electron chi connectivity index (χ1n) is 10.6. The van der Waals surface area contributed by atoms with Crippen molar-refractivity contribution in [1.82, 2.24) is 9.88 Å². The number of aromatic nitrogens is 1. The summed E-state index contributed by atoms with van der Waals surface area (Å²) in [5.74, 6) is 1.53. The van der Waals surface area contributed by atoms with Crippen molar-refractivity contribution in [3.05, 3.63) is 54.2 Å². The predicted octanol–water partition coefficient (Wildman–Crippen LogP) is 3.27. The van der Waals surface area contributed by atoms with Crippen molar-refractivity contribution in [3.8, 4) is 0 Å². The monoisotopic (exact) mass is 413 g/mol. The lowest BCUT2D eigenvalue weighted by atomic mass is 9.76. The van der Waals surface area contributed by atoms with E-state index in [2.05, 4.69) is 52.0 Å². The maximum absolute atomic E-state index is 11.7. The third-order valence-electron chi connectivity index (χ3n) is 6.60. The number of benzene rings is 1. The lowest BCUT2D eigenvalue weighted by molar-refractivity contribution is 0.244. The number of fused-ring (bicyclic) bond motifs is 1. The minimum atomic E-state index is -3.21. The van der Waals surface area contributed by atoms with Crippen molar-refractivity contribution in [2.45, 2.75) is 31.1 Å². The second-order valence-electron chi connectivity index (χ2n) is 8.78. The van der Waals surface area contributed by atoms with Gasteiger partial charge in [-0.25, -0.2) is 13.4 Å². The van der Waals surface area contributed by atoms with Crippen LogP contribution in [-0.2, 0) is 16.3 Å². The van der Waals surface area contributed by atoms with Crippen molar-refractivity contribution in [2.24, 2.45) is 11.3 Å². The van der Waals surface area contributed by atoms with Crippen molar-refractivity contribution >= 4 is 15.7 Å². The molecule has 29 heavy (non-hydrogen) atoms. The topological polar surface area (TPSA) is 53.5 Å². The Kier molecular flexibility index (Phi) is 5.67. The van der Waals surface area contributed by atoms with Gasteiger partial charge in [0.1, 0.15) is 5.82 Å². The maximum atomic E-state index is 11.7. The SMILES string of the molecule is CCCN1CC2CN(c3ccc(S(C)(=O)=O)cn3)CC2(CCc2ccccc2)C1. The second-order valence-corrected chi connectivity index (χ2v) is 10.8. The van der Waals surface area contributed by atoms with Crippen LogP contribution in [0.25, 0.3) is 0 Å². The molecule has 0 radical (unpaired) electrons. The molecule has 0 aliphatic carbocycles. The third kappa shape index (κ3) is 4.33. The number of hydrogen-bond donors (Lipinski definition) is 0. The molecular weight excluding hydrogens is 382 g/mol. The van der Waals surface area contributed by atoms with Gasteiger partial charge in [0, 0.05) is 44.0 Å². The van der Waals surface area contributed by atoms with Crippen molar-refractivity contribution in [3.63, 3.8) is 0 Å². The first-order chi connectivity index (χ1) is 13.9. The van der Waals surface area contributed by atoms with Crippen LogP contribution >= 0.6 is 0 Å². The minimum absolute atomic E-state index is 0.280. The van der Waals surface area contributed by atoms with Crippen molar-refractivity contribution < 1.29 is 8.42 Å². The molecule has 0 bridgehead atoms. The van der Waals surface area contributed by atoms with E-state index in [-0.39, 0.29) is 10.3 Å². The summed E-state index contributed by atoms with van der Waals surface area (Å²) in [6, 6.07) is 14.3. The number of likely N-dealkylation sites (tertiary alicyclic amines) is 1. The van der Waals surface area contributed by atoms with E-state index in [1.807, 2.05) is 6.07 Å². The zero-order chi connectivity index (χ0) is 20.5. The van der Waals surface area contributed by atoms with Gasteiger partial charge in [-0.2, -0.15) is 0 Å². The smallest absolute Gasteiger partial charge is 0.177 e. The first kappa shape index (κ1) is 20.4. The molecule has 4 rings (SSSR count). The number of anilines is 1. The Labute approximate surface area is 174 Å². The Morgan fingerprint density at radius 1 is 1.10 bits per heavy atom. The standard InChI is InChI=1S/C23H31N3O2S/c1-3-13-25-15-20-16-26(22-10-9-21(14-24-22)29(2,27)28)18-23(20,17-25)12-11-19-7-5-4-6-8-19/h4-10,14,20H,3,11-13,15-18H2,1-2H3. The van der Waals surface area contributed by atoms with Gasteiger partial charge in [0.2, 0.25) is 0 Å². The number of aryl methyl sites for hydroxylation is 1. The minimum Gasteiger partial charge on any atom is -0.356 e. The molecule has 2 fully saturated rings. The van der Waals surface area contributed by atoms with Gasteiger partial charge >= 0.3 is 0 Å². The van der Waals surface area contributed by atoms with Crippen LogP contribution in [-0.4, -0.2) is 57.3 Å².